The smallest absolute Gasteiger partial charge is 0.304 e. The number of hydrogen-bond donors (Lipinski definition) is 0. The standard InChI is InChI=1S/C4H8N2O2.H2O/c1-4(7)8-3-6-5-2;/h3H2,1-2H3;1H2. The molecule has 0 atom stereocenters. The van der Waals surface area contributed by atoms with Gasteiger partial charge in [0.05, 0.1) is 0 Å². The minimum atomic E-state index is -0.336. The number of carbonyl (C=O) groups is 1. The average Bonchev–Trinajstić information content (AvgIpc) is 1.66. The number of rotatable bonds is 2. The molecule has 0 aromatic carbocycles. The molecule has 0 spiro atoms. The third-order valence-corrected chi connectivity index (χ3v) is 0.467. The number of hydrogen-bond acceptors (Lipinski definition) is 4. The van der Waals surface area contributed by atoms with Gasteiger partial charge in [-0.2, -0.15) is 10.2 Å². The zero-order chi connectivity index (χ0) is 6.41. The monoisotopic (exact) mass is 134 g/mol. The highest BCUT2D eigenvalue weighted by atomic mass is 16.5. The van der Waals surface area contributed by atoms with E-state index in [0.717, 1.165) is 0 Å². The molecule has 0 fully saturated rings. The van der Waals surface area contributed by atoms with E-state index in [2.05, 4.69) is 15.0 Å². The van der Waals surface area contributed by atoms with Crippen molar-refractivity contribution in [2.75, 3.05) is 13.8 Å². The fraction of sp³-hybridized carbons (Fsp3) is 0.750. The van der Waals surface area contributed by atoms with E-state index in [0.29, 0.717) is 0 Å². The molecule has 0 aromatic rings. The Labute approximate surface area is 53.0 Å². The SMILES string of the molecule is CN=NCOC(C)=O.O. The minimum absolute atomic E-state index is 0. The number of nitrogens with zero attached hydrogens (tertiary/aromatic N) is 2. The van der Waals surface area contributed by atoms with Gasteiger partial charge in [0.25, 0.3) is 0 Å². The minimum Gasteiger partial charge on any atom is -0.441 e. The molecule has 0 aliphatic heterocycles. The second-order valence-corrected chi connectivity index (χ2v) is 1.11. The summed E-state index contributed by atoms with van der Waals surface area (Å²) in [5.41, 5.74) is 0. The van der Waals surface area contributed by atoms with E-state index < -0.39 is 0 Å². The molecule has 0 saturated carbocycles. The Morgan fingerprint density at radius 2 is 2.22 bits per heavy atom. The van der Waals surface area contributed by atoms with Crippen LogP contribution in [-0.2, 0) is 9.53 Å². The van der Waals surface area contributed by atoms with Crippen LogP contribution in [-0.4, -0.2) is 25.2 Å². The zero-order valence-corrected chi connectivity index (χ0v) is 5.42. The maximum atomic E-state index is 9.99. The summed E-state index contributed by atoms with van der Waals surface area (Å²) < 4.78 is 4.38. The van der Waals surface area contributed by atoms with Crippen LogP contribution in [0.5, 0.6) is 0 Å². The maximum Gasteiger partial charge on any atom is 0.304 e. The lowest BCUT2D eigenvalue weighted by molar-refractivity contribution is -0.140. The molecule has 0 bridgehead atoms. The molecule has 0 amide bonds. The number of ether oxygens (including phenoxy) is 1. The quantitative estimate of drug-likeness (QED) is 0.386. The molecule has 0 unspecified atom stereocenters. The fourth-order valence-corrected chi connectivity index (χ4v) is 0.178. The van der Waals surface area contributed by atoms with Crippen molar-refractivity contribution in [3.05, 3.63) is 0 Å². The van der Waals surface area contributed by atoms with Crippen LogP contribution in [0, 0.1) is 0 Å². The summed E-state index contributed by atoms with van der Waals surface area (Å²) in [6.07, 6.45) is 0. The molecule has 2 N–H and O–H groups in total. The van der Waals surface area contributed by atoms with E-state index in [4.69, 9.17) is 0 Å². The summed E-state index contributed by atoms with van der Waals surface area (Å²) in [5.74, 6) is -0.336. The van der Waals surface area contributed by atoms with Crippen molar-refractivity contribution in [2.24, 2.45) is 10.2 Å². The molecule has 0 aliphatic carbocycles. The van der Waals surface area contributed by atoms with Gasteiger partial charge in [0, 0.05) is 14.0 Å². The predicted octanol–water partition coefficient (Wildman–Crippen LogP) is -0.236. The maximum absolute atomic E-state index is 9.99. The normalized spacial score (nSPS) is 8.67. The highest BCUT2D eigenvalue weighted by molar-refractivity contribution is 5.65. The van der Waals surface area contributed by atoms with Crippen molar-refractivity contribution in [3.8, 4) is 0 Å². The Bertz CT molecular complexity index is 102. The van der Waals surface area contributed by atoms with Gasteiger partial charge in [-0.3, -0.25) is 4.79 Å². The van der Waals surface area contributed by atoms with Crippen LogP contribution in [0.2, 0.25) is 0 Å². The summed E-state index contributed by atoms with van der Waals surface area (Å²) in [4.78, 5) is 9.99. The van der Waals surface area contributed by atoms with E-state index in [9.17, 15) is 4.79 Å². The first-order valence-electron chi connectivity index (χ1n) is 2.16. The molecule has 0 heterocycles. The van der Waals surface area contributed by atoms with Crippen LogP contribution in [0.15, 0.2) is 10.2 Å². The molecule has 0 aliphatic rings. The fourth-order valence-electron chi connectivity index (χ4n) is 0.178. The molecule has 0 aromatic heterocycles. The van der Waals surface area contributed by atoms with Crippen molar-refractivity contribution < 1.29 is 15.0 Å². The Morgan fingerprint density at radius 1 is 1.67 bits per heavy atom. The molecule has 0 saturated heterocycles. The van der Waals surface area contributed by atoms with E-state index in [1.807, 2.05) is 0 Å². The van der Waals surface area contributed by atoms with Gasteiger partial charge in [0.1, 0.15) is 0 Å². The van der Waals surface area contributed by atoms with Crippen LogP contribution >= 0.6 is 0 Å². The first-order valence-corrected chi connectivity index (χ1v) is 2.16. The third kappa shape index (κ3) is 11.0. The third-order valence-electron chi connectivity index (χ3n) is 0.467. The first kappa shape index (κ1) is 10.9. The van der Waals surface area contributed by atoms with E-state index in [-0.39, 0.29) is 18.2 Å². The van der Waals surface area contributed by atoms with Crippen molar-refractivity contribution in [2.45, 2.75) is 6.92 Å². The van der Waals surface area contributed by atoms with Crippen LogP contribution in [0.25, 0.3) is 0 Å². The molecule has 0 radical (unpaired) electrons. The molecule has 54 valence electrons. The lowest BCUT2D eigenvalue weighted by Gasteiger charge is -1.90. The molecule has 9 heavy (non-hydrogen) atoms. The van der Waals surface area contributed by atoms with Gasteiger partial charge in [0.15, 0.2) is 0 Å². The molecular weight excluding hydrogens is 124 g/mol. The molecule has 5 nitrogen and oxygen atoms in total. The van der Waals surface area contributed by atoms with Crippen molar-refractivity contribution in [3.63, 3.8) is 0 Å². The lowest BCUT2D eigenvalue weighted by Crippen LogP contribution is -1.96. The molecule has 5 heteroatoms. The Hall–Kier alpha value is -0.970. The second kappa shape index (κ2) is 7.03. The summed E-state index contributed by atoms with van der Waals surface area (Å²) in [6.45, 7) is 1.36. The largest absolute Gasteiger partial charge is 0.441 e. The van der Waals surface area contributed by atoms with E-state index in [1.54, 1.807) is 0 Å². The van der Waals surface area contributed by atoms with Crippen LogP contribution < -0.4 is 0 Å². The van der Waals surface area contributed by atoms with Crippen molar-refractivity contribution in [1.29, 1.82) is 0 Å². The first-order chi connectivity index (χ1) is 3.77. The Kier molecular flexibility index (Phi) is 8.53. The highest BCUT2D eigenvalue weighted by Crippen LogP contribution is 1.76. The van der Waals surface area contributed by atoms with Gasteiger partial charge in [-0.25, -0.2) is 0 Å². The van der Waals surface area contributed by atoms with Gasteiger partial charge in [-0.15, -0.1) is 0 Å². The summed E-state index contributed by atoms with van der Waals surface area (Å²) in [5, 5.41) is 6.75. The topological polar surface area (TPSA) is 82.5 Å². The lowest BCUT2D eigenvalue weighted by atomic mass is 10.8. The second-order valence-electron chi connectivity index (χ2n) is 1.11. The Morgan fingerprint density at radius 3 is 2.56 bits per heavy atom. The van der Waals surface area contributed by atoms with Gasteiger partial charge in [-0.1, -0.05) is 0 Å². The Balaban J connectivity index is 0. The van der Waals surface area contributed by atoms with E-state index >= 15 is 0 Å². The average molecular weight is 134 g/mol. The zero-order valence-electron chi connectivity index (χ0n) is 5.42. The number of esters is 1. The van der Waals surface area contributed by atoms with Crippen LogP contribution in [0.4, 0.5) is 0 Å². The van der Waals surface area contributed by atoms with Gasteiger partial charge < -0.3 is 10.2 Å². The molecule has 0 rings (SSSR count). The van der Waals surface area contributed by atoms with Gasteiger partial charge in [0.2, 0.25) is 6.73 Å². The molecular formula is C4H10N2O3. The summed E-state index contributed by atoms with van der Waals surface area (Å²) in [6, 6.07) is 0. The summed E-state index contributed by atoms with van der Waals surface area (Å²) >= 11 is 0. The summed E-state index contributed by atoms with van der Waals surface area (Å²) in [7, 11) is 1.52. The van der Waals surface area contributed by atoms with Crippen molar-refractivity contribution in [1.82, 2.24) is 0 Å². The number of azo groups is 1. The van der Waals surface area contributed by atoms with Crippen molar-refractivity contribution >= 4 is 5.97 Å². The van der Waals surface area contributed by atoms with E-state index in [1.165, 1.54) is 14.0 Å². The predicted molar refractivity (Wildman–Crippen MR) is 31.0 cm³/mol. The van der Waals surface area contributed by atoms with Crippen LogP contribution in [0.1, 0.15) is 6.92 Å². The van der Waals surface area contributed by atoms with Gasteiger partial charge >= 0.3 is 5.97 Å². The number of carbonyl (C=O) groups excluding carboxylic acids is 1. The highest BCUT2D eigenvalue weighted by Gasteiger charge is 1.85. The van der Waals surface area contributed by atoms with Gasteiger partial charge in [-0.05, 0) is 0 Å². The van der Waals surface area contributed by atoms with Crippen LogP contribution in [0.3, 0.4) is 0 Å².